The van der Waals surface area contributed by atoms with Crippen LogP contribution in [0.15, 0.2) is 30.3 Å². The second kappa shape index (κ2) is 7.78. The van der Waals surface area contributed by atoms with Crippen LogP contribution in [0.3, 0.4) is 0 Å². The molecule has 0 spiro atoms. The summed E-state index contributed by atoms with van der Waals surface area (Å²) in [5, 5.41) is 0. The molecule has 3 heteroatoms. The Kier molecular flexibility index (Phi) is 5.98. The summed E-state index contributed by atoms with van der Waals surface area (Å²) in [4.78, 5) is 2.47. The molecule has 0 bridgehead atoms. The van der Waals surface area contributed by atoms with Crippen LogP contribution >= 0.6 is 11.6 Å². The highest BCUT2D eigenvalue weighted by atomic mass is 35.5. The zero-order valence-electron chi connectivity index (χ0n) is 10.9. The van der Waals surface area contributed by atoms with Gasteiger partial charge in [0.15, 0.2) is 0 Å². The molecule has 100 valence electrons. The molecule has 1 aromatic carbocycles. The van der Waals surface area contributed by atoms with E-state index in [0.29, 0.717) is 18.5 Å². The molecule has 1 fully saturated rings. The molecule has 1 heterocycles. The first kappa shape index (κ1) is 13.9. The summed E-state index contributed by atoms with van der Waals surface area (Å²) in [7, 11) is 0. The predicted octanol–water partition coefficient (Wildman–Crippen LogP) is 3.30. The molecule has 0 amide bonds. The number of nitrogens with zero attached hydrogens (tertiary/aromatic N) is 1. The molecule has 0 aliphatic carbocycles. The number of benzene rings is 1. The van der Waals surface area contributed by atoms with Gasteiger partial charge >= 0.3 is 0 Å². The molecule has 1 unspecified atom stereocenters. The van der Waals surface area contributed by atoms with Gasteiger partial charge in [-0.3, -0.25) is 4.90 Å². The van der Waals surface area contributed by atoms with Gasteiger partial charge in [-0.25, -0.2) is 0 Å². The normalized spacial score (nSPS) is 18.7. The van der Waals surface area contributed by atoms with Crippen molar-refractivity contribution in [2.24, 2.45) is 0 Å². The minimum absolute atomic E-state index is 0.371. The standard InChI is InChI=1S/C15H22ClNO/c16-11-15(17-9-5-2-6-10-17)13-18-12-14-7-3-1-4-8-14/h1,3-4,7-8,15H,2,5-6,9-13H2. The lowest BCUT2D eigenvalue weighted by Gasteiger charge is -2.33. The maximum absolute atomic E-state index is 6.06. The number of piperidine rings is 1. The van der Waals surface area contributed by atoms with Crippen molar-refractivity contribution in [3.8, 4) is 0 Å². The summed E-state index contributed by atoms with van der Waals surface area (Å²) in [5.41, 5.74) is 1.23. The summed E-state index contributed by atoms with van der Waals surface area (Å²) in [6, 6.07) is 10.7. The van der Waals surface area contributed by atoms with Gasteiger partial charge in [-0.05, 0) is 31.5 Å². The fourth-order valence-electron chi connectivity index (χ4n) is 2.42. The molecule has 0 radical (unpaired) electrons. The molecule has 0 N–H and O–H groups in total. The van der Waals surface area contributed by atoms with Crippen molar-refractivity contribution in [2.45, 2.75) is 31.9 Å². The van der Waals surface area contributed by atoms with Gasteiger partial charge in [0.1, 0.15) is 0 Å². The lowest BCUT2D eigenvalue weighted by molar-refractivity contribution is 0.0506. The van der Waals surface area contributed by atoms with E-state index in [1.807, 2.05) is 18.2 Å². The van der Waals surface area contributed by atoms with Gasteiger partial charge < -0.3 is 4.74 Å². The van der Waals surface area contributed by atoms with Gasteiger partial charge in [-0.1, -0.05) is 36.8 Å². The van der Waals surface area contributed by atoms with E-state index < -0.39 is 0 Å². The first-order valence-corrected chi connectivity index (χ1v) is 7.35. The van der Waals surface area contributed by atoms with Crippen LogP contribution in [0.1, 0.15) is 24.8 Å². The molecule has 2 rings (SSSR count). The Morgan fingerprint density at radius 2 is 1.83 bits per heavy atom. The van der Waals surface area contributed by atoms with Gasteiger partial charge in [-0.2, -0.15) is 0 Å². The molecule has 0 saturated carbocycles. The van der Waals surface area contributed by atoms with Gasteiger partial charge in [0.2, 0.25) is 0 Å². The molecular formula is C15H22ClNO. The van der Waals surface area contributed by atoms with E-state index in [1.54, 1.807) is 0 Å². The highest BCUT2D eigenvalue weighted by Gasteiger charge is 2.19. The molecule has 18 heavy (non-hydrogen) atoms. The smallest absolute Gasteiger partial charge is 0.0717 e. The molecular weight excluding hydrogens is 246 g/mol. The lowest BCUT2D eigenvalue weighted by Crippen LogP contribution is -2.43. The number of hydrogen-bond donors (Lipinski definition) is 0. The predicted molar refractivity (Wildman–Crippen MR) is 76.0 cm³/mol. The van der Waals surface area contributed by atoms with Crippen molar-refractivity contribution >= 4 is 11.6 Å². The third kappa shape index (κ3) is 4.27. The Balaban J connectivity index is 1.73. The van der Waals surface area contributed by atoms with Crippen molar-refractivity contribution in [2.75, 3.05) is 25.6 Å². The number of hydrogen-bond acceptors (Lipinski definition) is 2. The van der Waals surface area contributed by atoms with Crippen molar-refractivity contribution in [3.05, 3.63) is 35.9 Å². The zero-order valence-corrected chi connectivity index (χ0v) is 11.6. The molecule has 1 aliphatic heterocycles. The third-order valence-corrected chi connectivity index (χ3v) is 3.86. The van der Waals surface area contributed by atoms with Crippen molar-refractivity contribution in [1.29, 1.82) is 0 Å². The summed E-state index contributed by atoms with van der Waals surface area (Å²) in [6.07, 6.45) is 3.95. The Morgan fingerprint density at radius 3 is 2.50 bits per heavy atom. The van der Waals surface area contributed by atoms with Crippen molar-refractivity contribution < 1.29 is 4.74 Å². The molecule has 1 atom stereocenters. The molecule has 2 nitrogen and oxygen atoms in total. The van der Waals surface area contributed by atoms with Crippen LogP contribution in [-0.2, 0) is 11.3 Å². The van der Waals surface area contributed by atoms with E-state index in [0.717, 1.165) is 6.61 Å². The highest BCUT2D eigenvalue weighted by molar-refractivity contribution is 6.18. The number of alkyl halides is 1. The summed E-state index contributed by atoms with van der Waals surface area (Å²) < 4.78 is 5.80. The minimum atomic E-state index is 0.371. The molecule has 1 aromatic rings. The van der Waals surface area contributed by atoms with E-state index in [2.05, 4.69) is 17.0 Å². The van der Waals surface area contributed by atoms with Gasteiger partial charge in [0.05, 0.1) is 13.2 Å². The number of rotatable bonds is 6. The van der Waals surface area contributed by atoms with Crippen LogP contribution in [0.2, 0.25) is 0 Å². The lowest BCUT2D eigenvalue weighted by atomic mass is 10.1. The van der Waals surface area contributed by atoms with Crippen LogP contribution in [0, 0.1) is 0 Å². The summed E-state index contributed by atoms with van der Waals surface area (Å²) in [5.74, 6) is 0.661. The third-order valence-electron chi connectivity index (χ3n) is 3.51. The van der Waals surface area contributed by atoms with Crippen LogP contribution < -0.4 is 0 Å². The maximum atomic E-state index is 6.06. The monoisotopic (exact) mass is 267 g/mol. The Bertz CT molecular complexity index is 325. The average molecular weight is 268 g/mol. The first-order chi connectivity index (χ1) is 8.90. The average Bonchev–Trinajstić information content (AvgIpc) is 2.46. The highest BCUT2D eigenvalue weighted by Crippen LogP contribution is 2.14. The largest absolute Gasteiger partial charge is 0.375 e. The van der Waals surface area contributed by atoms with E-state index >= 15 is 0 Å². The van der Waals surface area contributed by atoms with Crippen LogP contribution in [0.25, 0.3) is 0 Å². The van der Waals surface area contributed by atoms with Crippen LogP contribution in [0.5, 0.6) is 0 Å². The van der Waals surface area contributed by atoms with Crippen molar-refractivity contribution in [3.63, 3.8) is 0 Å². The Morgan fingerprint density at radius 1 is 1.11 bits per heavy atom. The van der Waals surface area contributed by atoms with E-state index in [9.17, 15) is 0 Å². The second-order valence-electron chi connectivity index (χ2n) is 4.91. The van der Waals surface area contributed by atoms with E-state index in [-0.39, 0.29) is 0 Å². The topological polar surface area (TPSA) is 12.5 Å². The zero-order chi connectivity index (χ0) is 12.6. The molecule has 1 saturated heterocycles. The van der Waals surface area contributed by atoms with E-state index in [1.165, 1.54) is 37.9 Å². The van der Waals surface area contributed by atoms with Gasteiger partial charge in [0, 0.05) is 11.9 Å². The maximum Gasteiger partial charge on any atom is 0.0717 e. The SMILES string of the molecule is ClCC(COCc1ccccc1)N1CCCCC1. The minimum Gasteiger partial charge on any atom is -0.375 e. The second-order valence-corrected chi connectivity index (χ2v) is 5.21. The Labute approximate surface area is 115 Å². The fourth-order valence-corrected chi connectivity index (χ4v) is 2.70. The quantitative estimate of drug-likeness (QED) is 0.734. The van der Waals surface area contributed by atoms with Crippen LogP contribution in [-0.4, -0.2) is 36.5 Å². The number of likely N-dealkylation sites (tertiary alicyclic amines) is 1. The number of ether oxygens (including phenoxy) is 1. The molecule has 0 aromatic heterocycles. The fraction of sp³-hybridized carbons (Fsp3) is 0.600. The Hall–Kier alpha value is -0.570. The van der Waals surface area contributed by atoms with Crippen LogP contribution in [0.4, 0.5) is 0 Å². The summed E-state index contributed by atoms with van der Waals surface area (Å²) >= 11 is 6.06. The number of halogens is 1. The van der Waals surface area contributed by atoms with Crippen molar-refractivity contribution in [1.82, 2.24) is 4.90 Å². The van der Waals surface area contributed by atoms with E-state index in [4.69, 9.17) is 16.3 Å². The molecule has 1 aliphatic rings. The van der Waals surface area contributed by atoms with Gasteiger partial charge in [0.25, 0.3) is 0 Å². The first-order valence-electron chi connectivity index (χ1n) is 6.82. The van der Waals surface area contributed by atoms with Gasteiger partial charge in [-0.15, -0.1) is 11.6 Å². The summed E-state index contributed by atoms with van der Waals surface area (Å²) in [6.45, 7) is 3.76.